The minimum atomic E-state index is -1.62. The van der Waals surface area contributed by atoms with Gasteiger partial charge in [-0.1, -0.05) is 136 Å². The van der Waals surface area contributed by atoms with Crippen molar-refractivity contribution in [2.45, 2.75) is 166 Å². The fourth-order valence-electron chi connectivity index (χ4n) is 5.68. The van der Waals surface area contributed by atoms with Crippen LogP contribution in [0.3, 0.4) is 0 Å². The predicted octanol–water partition coefficient (Wildman–Crippen LogP) is 9.33. The third-order valence-electron chi connectivity index (χ3n) is 9.12. The molecule has 332 valence electrons. The molecule has 1 aliphatic heterocycles. The van der Waals surface area contributed by atoms with Crippen molar-refractivity contribution in [2.24, 2.45) is 0 Å². The van der Waals surface area contributed by atoms with Gasteiger partial charge in [0.25, 0.3) is 0 Å². The third-order valence-corrected chi connectivity index (χ3v) is 9.12. The van der Waals surface area contributed by atoms with Crippen LogP contribution in [0.15, 0.2) is 109 Å². The summed E-state index contributed by atoms with van der Waals surface area (Å²) in [5, 5.41) is 40.1. The average Bonchev–Trinajstić information content (AvgIpc) is 3.23. The van der Waals surface area contributed by atoms with Crippen LogP contribution in [0.2, 0.25) is 0 Å². The van der Waals surface area contributed by atoms with Crippen molar-refractivity contribution in [3.05, 3.63) is 109 Å². The topological polar surface area (TPSA) is 152 Å². The third kappa shape index (κ3) is 30.1. The van der Waals surface area contributed by atoms with Gasteiger partial charge in [0, 0.05) is 12.8 Å². The lowest BCUT2D eigenvalue weighted by Gasteiger charge is -2.39. The molecule has 0 spiro atoms. The van der Waals surface area contributed by atoms with Crippen LogP contribution in [-0.2, 0) is 28.5 Å². The average molecular weight is 825 g/mol. The van der Waals surface area contributed by atoms with E-state index in [1.165, 1.54) is 6.42 Å². The van der Waals surface area contributed by atoms with Gasteiger partial charge < -0.3 is 39.4 Å². The van der Waals surface area contributed by atoms with Gasteiger partial charge in [-0.25, -0.2) is 0 Å². The van der Waals surface area contributed by atoms with Gasteiger partial charge in [-0.05, 0) is 89.9 Å². The number of rotatable bonds is 34. The number of hydrogen-bond donors (Lipinski definition) is 4. The van der Waals surface area contributed by atoms with E-state index in [1.807, 2.05) is 6.08 Å². The number of esters is 2. The Balaban J connectivity index is 2.43. The Morgan fingerprint density at radius 3 is 1.53 bits per heavy atom. The highest BCUT2D eigenvalue weighted by Crippen LogP contribution is 2.22. The number of ether oxygens (including phenoxy) is 4. The monoisotopic (exact) mass is 825 g/mol. The van der Waals surface area contributed by atoms with E-state index in [0.717, 1.165) is 77.0 Å². The minimum Gasteiger partial charge on any atom is -0.462 e. The number of allylic oxidation sites excluding steroid dienone is 18. The number of aliphatic hydroxyl groups excluding tert-OH is 4. The SMILES string of the molecule is CC/C=C/C/C=C/C/C=C/C/C=C/C/C=C/CCCC(=O)OC[C@@H](CO[C@H]1O[C@@H](CO)[C@@H](O)C(O)C1O)OC(=O)CCCCC/C=C/C/C=C/C/C=C/C/C=C/CCC. The van der Waals surface area contributed by atoms with Crippen LogP contribution in [0.5, 0.6) is 0 Å². The largest absolute Gasteiger partial charge is 0.462 e. The molecule has 0 aromatic heterocycles. The molecule has 0 amide bonds. The Labute approximate surface area is 355 Å². The van der Waals surface area contributed by atoms with Crippen molar-refractivity contribution in [1.29, 1.82) is 0 Å². The summed E-state index contributed by atoms with van der Waals surface area (Å²) in [6, 6.07) is 0. The summed E-state index contributed by atoms with van der Waals surface area (Å²) in [6.07, 6.45) is 45.2. The first kappa shape index (κ1) is 53.4. The first-order valence-electron chi connectivity index (χ1n) is 22.0. The second-order valence-electron chi connectivity index (χ2n) is 14.4. The molecule has 6 atom stereocenters. The van der Waals surface area contributed by atoms with E-state index in [1.54, 1.807) is 0 Å². The summed E-state index contributed by atoms with van der Waals surface area (Å²) in [5.74, 6) is -0.925. The van der Waals surface area contributed by atoms with Crippen LogP contribution in [-0.4, -0.2) is 89.0 Å². The van der Waals surface area contributed by atoms with Gasteiger partial charge in [0.2, 0.25) is 0 Å². The molecule has 10 nitrogen and oxygen atoms in total. The van der Waals surface area contributed by atoms with E-state index in [-0.39, 0.29) is 26.1 Å². The molecule has 0 aliphatic carbocycles. The van der Waals surface area contributed by atoms with Crippen molar-refractivity contribution < 1.29 is 49.0 Å². The number of hydrogen-bond acceptors (Lipinski definition) is 10. The lowest BCUT2D eigenvalue weighted by atomic mass is 9.99. The number of carbonyl (C=O) groups is 2. The lowest BCUT2D eigenvalue weighted by molar-refractivity contribution is -0.305. The summed E-state index contributed by atoms with van der Waals surface area (Å²) in [6.45, 7) is 3.12. The molecule has 0 aromatic carbocycles. The molecule has 0 bridgehead atoms. The zero-order valence-corrected chi connectivity index (χ0v) is 35.9. The summed E-state index contributed by atoms with van der Waals surface area (Å²) in [7, 11) is 0. The molecule has 4 N–H and O–H groups in total. The first-order chi connectivity index (χ1) is 28.8. The van der Waals surface area contributed by atoms with Crippen molar-refractivity contribution in [3.63, 3.8) is 0 Å². The van der Waals surface area contributed by atoms with Crippen molar-refractivity contribution >= 4 is 11.9 Å². The molecule has 1 saturated heterocycles. The highest BCUT2D eigenvalue weighted by atomic mass is 16.7. The maximum Gasteiger partial charge on any atom is 0.306 e. The second-order valence-corrected chi connectivity index (χ2v) is 14.4. The molecule has 2 unspecified atom stereocenters. The Bertz CT molecular complexity index is 1320. The number of aliphatic hydroxyl groups is 4. The van der Waals surface area contributed by atoms with E-state index in [0.29, 0.717) is 19.3 Å². The maximum absolute atomic E-state index is 12.8. The molecule has 0 aromatic rings. The van der Waals surface area contributed by atoms with Crippen LogP contribution in [0.1, 0.15) is 129 Å². The Morgan fingerprint density at radius 1 is 0.542 bits per heavy atom. The van der Waals surface area contributed by atoms with E-state index in [9.17, 15) is 30.0 Å². The van der Waals surface area contributed by atoms with E-state index < -0.39 is 55.4 Å². The molecular weight excluding hydrogens is 749 g/mol. The van der Waals surface area contributed by atoms with Crippen molar-refractivity contribution in [2.75, 3.05) is 19.8 Å². The molecule has 1 heterocycles. The normalized spacial score (nSPS) is 21.1. The van der Waals surface area contributed by atoms with Crippen molar-refractivity contribution in [1.82, 2.24) is 0 Å². The molecule has 1 rings (SSSR count). The van der Waals surface area contributed by atoms with Crippen LogP contribution >= 0.6 is 0 Å². The molecule has 1 aliphatic rings. The van der Waals surface area contributed by atoms with Gasteiger partial charge in [-0.15, -0.1) is 0 Å². The predicted molar refractivity (Wildman–Crippen MR) is 237 cm³/mol. The molecule has 10 heteroatoms. The van der Waals surface area contributed by atoms with Crippen molar-refractivity contribution in [3.8, 4) is 0 Å². The van der Waals surface area contributed by atoms with Crippen LogP contribution < -0.4 is 0 Å². The maximum atomic E-state index is 12.8. The smallest absolute Gasteiger partial charge is 0.306 e. The summed E-state index contributed by atoms with van der Waals surface area (Å²) < 4.78 is 22.0. The zero-order chi connectivity index (χ0) is 43.0. The molecular formula is C49H76O10. The highest BCUT2D eigenvalue weighted by molar-refractivity contribution is 5.70. The summed E-state index contributed by atoms with van der Waals surface area (Å²) >= 11 is 0. The number of carbonyl (C=O) groups excluding carboxylic acids is 2. The number of unbranched alkanes of at least 4 members (excludes halogenated alkanes) is 5. The van der Waals surface area contributed by atoms with Gasteiger partial charge >= 0.3 is 11.9 Å². The van der Waals surface area contributed by atoms with E-state index in [2.05, 4.69) is 117 Å². The van der Waals surface area contributed by atoms with E-state index in [4.69, 9.17) is 18.9 Å². The van der Waals surface area contributed by atoms with Crippen LogP contribution in [0, 0.1) is 0 Å². The first-order valence-corrected chi connectivity index (χ1v) is 22.0. The van der Waals surface area contributed by atoms with Gasteiger partial charge in [-0.3, -0.25) is 9.59 Å². The van der Waals surface area contributed by atoms with Crippen LogP contribution in [0.4, 0.5) is 0 Å². The minimum absolute atomic E-state index is 0.173. The Morgan fingerprint density at radius 2 is 1.02 bits per heavy atom. The molecule has 59 heavy (non-hydrogen) atoms. The molecule has 1 fully saturated rings. The molecule has 0 saturated carbocycles. The Kier molecular flexibility index (Phi) is 34.9. The highest BCUT2D eigenvalue weighted by Gasteiger charge is 2.44. The lowest BCUT2D eigenvalue weighted by Crippen LogP contribution is -2.59. The standard InChI is InChI=1S/C49H76O10/c1-3-5-7-9-11-13-15-17-19-21-23-25-27-29-31-33-35-37-44(51)56-40-42(41-57-49-48(55)47(54)46(53)43(39-50)59-49)58-45(52)38-36-34-32-30-28-26-24-22-20-18-16-14-12-10-8-6-4-2/h5,7-8,10-11,13-14,16-17,19-20,22-23,25-26,28-29,31,42-43,46-50,53-55H,3-4,6,9,12,15,18,21,24,27,30,32-41H2,1-2H3/b7-5+,10-8+,13-11+,16-14+,19-17+,22-20+,25-23+,28-26+,31-29+/t42-,43-,46+,47?,48?,49-/m0/s1. The van der Waals surface area contributed by atoms with Gasteiger partial charge in [0.15, 0.2) is 12.4 Å². The second kappa shape index (κ2) is 38.6. The van der Waals surface area contributed by atoms with Gasteiger partial charge in [0.05, 0.1) is 13.2 Å². The summed E-state index contributed by atoms with van der Waals surface area (Å²) in [4.78, 5) is 25.3. The molecule has 0 radical (unpaired) electrons. The fourth-order valence-corrected chi connectivity index (χ4v) is 5.68. The van der Waals surface area contributed by atoms with Gasteiger partial charge in [0.1, 0.15) is 31.0 Å². The zero-order valence-electron chi connectivity index (χ0n) is 35.9. The summed E-state index contributed by atoms with van der Waals surface area (Å²) in [5.41, 5.74) is 0. The quantitative estimate of drug-likeness (QED) is 0.0281. The van der Waals surface area contributed by atoms with Crippen LogP contribution in [0.25, 0.3) is 0 Å². The fraction of sp³-hybridized carbons (Fsp3) is 0.592. The van der Waals surface area contributed by atoms with Gasteiger partial charge in [-0.2, -0.15) is 0 Å². The Hall–Kier alpha value is -3.64. The van der Waals surface area contributed by atoms with E-state index >= 15 is 0 Å².